The van der Waals surface area contributed by atoms with Crippen LogP contribution in [0.4, 0.5) is 4.79 Å². The standard InChI is InChI=1S/C11H12N2O2/c1-13-9(10(14)12-11(13)15)7-8-5-3-2-4-6-8/h2-6,9H,7H2,1H3,(H,12,14,15)/t9-/m0/s1. The highest BCUT2D eigenvalue weighted by molar-refractivity contribution is 6.04. The van der Waals surface area contributed by atoms with Gasteiger partial charge in [0, 0.05) is 13.5 Å². The Hall–Kier alpha value is -1.84. The van der Waals surface area contributed by atoms with Gasteiger partial charge in [-0.1, -0.05) is 30.3 Å². The molecule has 1 aromatic carbocycles. The zero-order valence-corrected chi connectivity index (χ0v) is 8.43. The van der Waals surface area contributed by atoms with Crippen molar-refractivity contribution in [2.45, 2.75) is 12.5 Å². The Bertz CT molecular complexity index is 389. The van der Waals surface area contributed by atoms with Gasteiger partial charge in [0.2, 0.25) is 0 Å². The summed E-state index contributed by atoms with van der Waals surface area (Å²) in [5.74, 6) is -0.216. The first-order chi connectivity index (χ1) is 7.18. The summed E-state index contributed by atoms with van der Waals surface area (Å²) in [5, 5.41) is 2.28. The zero-order valence-electron chi connectivity index (χ0n) is 8.43. The minimum absolute atomic E-state index is 0.216. The molecule has 4 heteroatoms. The fraction of sp³-hybridized carbons (Fsp3) is 0.273. The predicted molar refractivity (Wildman–Crippen MR) is 55.2 cm³/mol. The molecule has 1 atom stereocenters. The van der Waals surface area contributed by atoms with Gasteiger partial charge in [-0.15, -0.1) is 0 Å². The molecule has 0 saturated carbocycles. The fourth-order valence-corrected chi connectivity index (χ4v) is 1.66. The smallest absolute Gasteiger partial charge is 0.315 e. The van der Waals surface area contributed by atoms with E-state index < -0.39 is 0 Å². The van der Waals surface area contributed by atoms with Crippen LogP contribution in [0.3, 0.4) is 0 Å². The molecule has 0 radical (unpaired) electrons. The van der Waals surface area contributed by atoms with Gasteiger partial charge in [-0.05, 0) is 5.56 Å². The first-order valence-electron chi connectivity index (χ1n) is 4.80. The van der Waals surface area contributed by atoms with E-state index in [0.717, 1.165) is 5.56 Å². The van der Waals surface area contributed by atoms with Crippen molar-refractivity contribution in [2.24, 2.45) is 0 Å². The van der Waals surface area contributed by atoms with Crippen LogP contribution in [0, 0.1) is 0 Å². The summed E-state index contributed by atoms with van der Waals surface area (Å²) < 4.78 is 0. The topological polar surface area (TPSA) is 49.4 Å². The average Bonchev–Trinajstić information content (AvgIpc) is 2.47. The maximum atomic E-state index is 11.4. The summed E-state index contributed by atoms with van der Waals surface area (Å²) in [4.78, 5) is 24.0. The molecule has 0 bridgehead atoms. The van der Waals surface area contributed by atoms with E-state index in [1.807, 2.05) is 30.3 Å². The maximum Gasteiger partial charge on any atom is 0.324 e. The van der Waals surface area contributed by atoms with Crippen LogP contribution >= 0.6 is 0 Å². The summed E-state index contributed by atoms with van der Waals surface area (Å²) >= 11 is 0. The minimum atomic E-state index is -0.375. The SMILES string of the molecule is CN1C(=O)NC(=O)[C@@H]1Cc1ccccc1. The highest BCUT2D eigenvalue weighted by Crippen LogP contribution is 2.12. The van der Waals surface area contributed by atoms with Crippen molar-refractivity contribution in [3.63, 3.8) is 0 Å². The molecule has 1 aromatic rings. The van der Waals surface area contributed by atoms with Crippen molar-refractivity contribution in [3.8, 4) is 0 Å². The molecule has 1 aliphatic heterocycles. The van der Waals surface area contributed by atoms with Crippen LogP contribution in [0.25, 0.3) is 0 Å². The van der Waals surface area contributed by atoms with Crippen LogP contribution in [0.1, 0.15) is 5.56 Å². The van der Waals surface area contributed by atoms with E-state index in [4.69, 9.17) is 0 Å². The second kappa shape index (κ2) is 3.73. The van der Waals surface area contributed by atoms with E-state index in [1.165, 1.54) is 4.90 Å². The van der Waals surface area contributed by atoms with E-state index in [9.17, 15) is 9.59 Å². The van der Waals surface area contributed by atoms with Crippen LogP contribution in [0.2, 0.25) is 0 Å². The number of imide groups is 1. The molecule has 15 heavy (non-hydrogen) atoms. The summed E-state index contributed by atoms with van der Waals surface area (Å²) in [5.41, 5.74) is 1.05. The first-order valence-corrected chi connectivity index (χ1v) is 4.80. The number of hydrogen-bond acceptors (Lipinski definition) is 2. The van der Waals surface area contributed by atoms with Gasteiger partial charge in [-0.2, -0.15) is 0 Å². The summed E-state index contributed by atoms with van der Waals surface area (Å²) in [6, 6.07) is 8.97. The molecule has 0 spiro atoms. The molecule has 2 rings (SSSR count). The van der Waals surface area contributed by atoms with Crippen molar-refractivity contribution in [1.82, 2.24) is 10.2 Å². The van der Waals surface area contributed by atoms with Gasteiger partial charge >= 0.3 is 6.03 Å². The van der Waals surface area contributed by atoms with Gasteiger partial charge in [0.15, 0.2) is 0 Å². The Morgan fingerprint density at radius 3 is 2.47 bits per heavy atom. The summed E-state index contributed by atoms with van der Waals surface area (Å²) in [6.07, 6.45) is 0.564. The molecule has 3 amide bonds. The van der Waals surface area contributed by atoms with E-state index in [1.54, 1.807) is 7.05 Å². The van der Waals surface area contributed by atoms with Crippen molar-refractivity contribution in [1.29, 1.82) is 0 Å². The molecule has 1 heterocycles. The van der Waals surface area contributed by atoms with E-state index in [0.29, 0.717) is 6.42 Å². The van der Waals surface area contributed by atoms with Crippen LogP contribution in [0.15, 0.2) is 30.3 Å². The molecule has 0 unspecified atom stereocenters. The molecule has 1 N–H and O–H groups in total. The zero-order chi connectivity index (χ0) is 10.8. The monoisotopic (exact) mass is 204 g/mol. The molecule has 0 aromatic heterocycles. The lowest BCUT2D eigenvalue weighted by atomic mass is 10.1. The molecular formula is C11H12N2O2. The number of rotatable bonds is 2. The van der Waals surface area contributed by atoms with E-state index in [-0.39, 0.29) is 18.0 Å². The van der Waals surface area contributed by atoms with Crippen LogP contribution in [-0.4, -0.2) is 29.9 Å². The van der Waals surface area contributed by atoms with E-state index in [2.05, 4.69) is 5.32 Å². The number of hydrogen-bond donors (Lipinski definition) is 1. The van der Waals surface area contributed by atoms with Crippen LogP contribution < -0.4 is 5.32 Å². The highest BCUT2D eigenvalue weighted by atomic mass is 16.2. The Kier molecular flexibility index (Phi) is 2.41. The lowest BCUT2D eigenvalue weighted by Crippen LogP contribution is -2.33. The third-order valence-electron chi connectivity index (χ3n) is 2.59. The quantitative estimate of drug-likeness (QED) is 0.724. The minimum Gasteiger partial charge on any atom is -0.315 e. The van der Waals surface area contributed by atoms with Gasteiger partial charge in [-0.3, -0.25) is 10.1 Å². The molecule has 4 nitrogen and oxygen atoms in total. The Balaban J connectivity index is 2.13. The summed E-state index contributed by atoms with van der Waals surface area (Å²) in [6.45, 7) is 0. The molecule has 1 saturated heterocycles. The molecule has 1 aliphatic rings. The lowest BCUT2D eigenvalue weighted by molar-refractivity contribution is -0.121. The fourth-order valence-electron chi connectivity index (χ4n) is 1.66. The van der Waals surface area contributed by atoms with Crippen LogP contribution in [0.5, 0.6) is 0 Å². The normalized spacial score (nSPS) is 20.6. The van der Waals surface area contributed by atoms with Gasteiger partial charge in [-0.25, -0.2) is 4.79 Å². The Labute approximate surface area is 87.9 Å². The van der Waals surface area contributed by atoms with Crippen LogP contribution in [-0.2, 0) is 11.2 Å². The van der Waals surface area contributed by atoms with Gasteiger partial charge in [0.25, 0.3) is 5.91 Å². The molecule has 0 aliphatic carbocycles. The number of amides is 3. The largest absolute Gasteiger partial charge is 0.324 e. The third-order valence-corrected chi connectivity index (χ3v) is 2.59. The number of nitrogens with zero attached hydrogens (tertiary/aromatic N) is 1. The number of carbonyl (C=O) groups excluding carboxylic acids is 2. The van der Waals surface area contributed by atoms with Gasteiger partial charge in [0.1, 0.15) is 6.04 Å². The van der Waals surface area contributed by atoms with Gasteiger partial charge < -0.3 is 4.90 Å². The first kappa shape index (κ1) is 9.71. The lowest BCUT2D eigenvalue weighted by Gasteiger charge is -2.15. The third kappa shape index (κ3) is 1.83. The van der Waals surface area contributed by atoms with Crippen molar-refractivity contribution < 1.29 is 9.59 Å². The average molecular weight is 204 g/mol. The molecule has 78 valence electrons. The number of urea groups is 1. The Morgan fingerprint density at radius 2 is 1.93 bits per heavy atom. The number of likely N-dealkylation sites (N-methyl/N-ethyl adjacent to an activating group) is 1. The van der Waals surface area contributed by atoms with Crippen molar-refractivity contribution in [2.75, 3.05) is 7.05 Å². The predicted octanol–water partition coefficient (Wildman–Crippen LogP) is 0.779. The highest BCUT2D eigenvalue weighted by Gasteiger charge is 2.35. The number of benzene rings is 1. The van der Waals surface area contributed by atoms with E-state index >= 15 is 0 Å². The van der Waals surface area contributed by atoms with Crippen molar-refractivity contribution in [3.05, 3.63) is 35.9 Å². The maximum absolute atomic E-state index is 11.4. The molecule has 1 fully saturated rings. The number of nitrogens with one attached hydrogen (secondary N) is 1. The van der Waals surface area contributed by atoms with Crippen molar-refractivity contribution >= 4 is 11.9 Å². The second-order valence-electron chi connectivity index (χ2n) is 3.61. The molecular weight excluding hydrogens is 192 g/mol. The second-order valence-corrected chi connectivity index (χ2v) is 3.61. The Morgan fingerprint density at radius 1 is 1.27 bits per heavy atom. The van der Waals surface area contributed by atoms with Gasteiger partial charge in [0.05, 0.1) is 0 Å². The summed E-state index contributed by atoms with van der Waals surface area (Å²) in [7, 11) is 1.63. The number of carbonyl (C=O) groups is 2.